The van der Waals surface area contributed by atoms with E-state index in [9.17, 15) is 4.79 Å². The van der Waals surface area contributed by atoms with Gasteiger partial charge in [0.15, 0.2) is 11.5 Å². The van der Waals surface area contributed by atoms with Crippen molar-refractivity contribution in [1.82, 2.24) is 4.40 Å². The Kier molecular flexibility index (Phi) is 3.19. The number of carbonyl (C=O) groups is 1. The van der Waals surface area contributed by atoms with Crippen molar-refractivity contribution in [3.05, 3.63) is 54.2 Å². The number of ether oxygens (including phenoxy) is 3. The average Bonchev–Trinajstić information content (AvgIpc) is 3.19. The Morgan fingerprint density at radius 3 is 2.91 bits per heavy atom. The predicted octanol–water partition coefficient (Wildman–Crippen LogP) is 3.51. The summed E-state index contributed by atoms with van der Waals surface area (Å²) in [6.45, 7) is 2.39. The van der Waals surface area contributed by atoms with Crippen LogP contribution >= 0.6 is 0 Å². The van der Waals surface area contributed by atoms with Crippen LogP contribution in [0.3, 0.4) is 0 Å². The quantitative estimate of drug-likeness (QED) is 0.695. The molecule has 3 heterocycles. The maximum absolute atomic E-state index is 12.2. The van der Waals surface area contributed by atoms with E-state index >= 15 is 0 Å². The van der Waals surface area contributed by atoms with Gasteiger partial charge in [-0.2, -0.15) is 0 Å². The SMILES string of the molecule is CCOC(=O)c1cc(-c2ccc3c(c2)OCO3)n2ccccc12. The molecule has 0 amide bonds. The summed E-state index contributed by atoms with van der Waals surface area (Å²) >= 11 is 0. The van der Waals surface area contributed by atoms with Gasteiger partial charge < -0.3 is 18.6 Å². The van der Waals surface area contributed by atoms with Crippen LogP contribution in [0.5, 0.6) is 11.5 Å². The van der Waals surface area contributed by atoms with Crippen molar-refractivity contribution in [2.75, 3.05) is 13.4 Å². The molecule has 0 spiro atoms. The second-order valence-electron chi connectivity index (χ2n) is 5.19. The molecule has 0 aliphatic carbocycles. The zero-order valence-electron chi connectivity index (χ0n) is 12.6. The topological polar surface area (TPSA) is 49.2 Å². The van der Waals surface area contributed by atoms with E-state index < -0.39 is 0 Å². The summed E-state index contributed by atoms with van der Waals surface area (Å²) in [5.74, 6) is 1.13. The lowest BCUT2D eigenvalue weighted by Gasteiger charge is -2.04. The molecule has 0 bridgehead atoms. The van der Waals surface area contributed by atoms with Crippen LogP contribution < -0.4 is 9.47 Å². The smallest absolute Gasteiger partial charge is 0.340 e. The highest BCUT2D eigenvalue weighted by Crippen LogP contribution is 2.37. The number of aromatic nitrogens is 1. The fraction of sp³-hybridized carbons (Fsp3) is 0.167. The third kappa shape index (κ3) is 2.21. The van der Waals surface area contributed by atoms with Gasteiger partial charge in [-0.15, -0.1) is 0 Å². The van der Waals surface area contributed by atoms with E-state index in [2.05, 4.69) is 0 Å². The first-order valence-electron chi connectivity index (χ1n) is 7.45. The van der Waals surface area contributed by atoms with Gasteiger partial charge in [0.1, 0.15) is 0 Å². The summed E-state index contributed by atoms with van der Waals surface area (Å²) in [4.78, 5) is 12.2. The number of nitrogens with zero attached hydrogens (tertiary/aromatic N) is 1. The van der Waals surface area contributed by atoms with E-state index in [0.717, 1.165) is 22.5 Å². The standard InChI is InChI=1S/C18H15NO4/c1-2-21-18(20)13-10-15(19-8-4-3-5-14(13)19)12-6-7-16-17(9-12)23-11-22-16/h3-10H,2,11H2,1H3. The van der Waals surface area contributed by atoms with Crippen molar-refractivity contribution >= 4 is 11.5 Å². The highest BCUT2D eigenvalue weighted by molar-refractivity contribution is 5.99. The van der Waals surface area contributed by atoms with Gasteiger partial charge >= 0.3 is 5.97 Å². The van der Waals surface area contributed by atoms with Gasteiger partial charge in [0.25, 0.3) is 0 Å². The van der Waals surface area contributed by atoms with Crippen LogP contribution in [0.2, 0.25) is 0 Å². The molecule has 1 aliphatic rings. The van der Waals surface area contributed by atoms with Gasteiger partial charge in [-0.1, -0.05) is 6.07 Å². The number of rotatable bonds is 3. The lowest BCUT2D eigenvalue weighted by Crippen LogP contribution is -2.03. The molecule has 0 N–H and O–H groups in total. The third-order valence-electron chi connectivity index (χ3n) is 3.84. The van der Waals surface area contributed by atoms with E-state index in [4.69, 9.17) is 14.2 Å². The number of fused-ring (bicyclic) bond motifs is 2. The van der Waals surface area contributed by atoms with Crippen LogP contribution in [0.4, 0.5) is 0 Å². The Labute approximate surface area is 133 Å². The number of carbonyl (C=O) groups excluding carboxylic acids is 1. The van der Waals surface area contributed by atoms with Crippen molar-refractivity contribution in [1.29, 1.82) is 0 Å². The van der Waals surface area contributed by atoms with Crippen molar-refractivity contribution in [3.8, 4) is 22.8 Å². The van der Waals surface area contributed by atoms with E-state index in [1.54, 1.807) is 6.92 Å². The van der Waals surface area contributed by atoms with Crippen LogP contribution in [-0.4, -0.2) is 23.8 Å². The lowest BCUT2D eigenvalue weighted by molar-refractivity contribution is 0.0529. The number of hydrogen-bond donors (Lipinski definition) is 0. The second-order valence-corrected chi connectivity index (χ2v) is 5.19. The minimum Gasteiger partial charge on any atom is -0.462 e. The zero-order chi connectivity index (χ0) is 15.8. The molecule has 1 aromatic carbocycles. The summed E-state index contributed by atoms with van der Waals surface area (Å²) in [6.07, 6.45) is 1.93. The zero-order valence-corrected chi connectivity index (χ0v) is 12.6. The summed E-state index contributed by atoms with van der Waals surface area (Å²) in [5.41, 5.74) is 3.23. The van der Waals surface area contributed by atoms with Gasteiger partial charge in [0.05, 0.1) is 23.4 Å². The van der Waals surface area contributed by atoms with Crippen molar-refractivity contribution in [2.24, 2.45) is 0 Å². The number of benzene rings is 1. The Hall–Kier alpha value is -2.95. The number of hydrogen-bond acceptors (Lipinski definition) is 4. The van der Waals surface area contributed by atoms with Crippen molar-refractivity contribution in [3.63, 3.8) is 0 Å². The normalized spacial score (nSPS) is 12.6. The van der Waals surface area contributed by atoms with Crippen molar-refractivity contribution in [2.45, 2.75) is 6.92 Å². The van der Waals surface area contributed by atoms with Crippen LogP contribution in [0.25, 0.3) is 16.8 Å². The lowest BCUT2D eigenvalue weighted by atomic mass is 10.1. The summed E-state index contributed by atoms with van der Waals surface area (Å²) < 4.78 is 17.9. The van der Waals surface area contributed by atoms with Gasteiger partial charge in [0.2, 0.25) is 6.79 Å². The molecule has 5 nitrogen and oxygen atoms in total. The molecule has 5 heteroatoms. The first kappa shape index (κ1) is 13.7. The van der Waals surface area contributed by atoms with E-state index in [1.807, 2.05) is 53.1 Å². The number of esters is 1. The first-order valence-corrected chi connectivity index (χ1v) is 7.45. The number of pyridine rings is 1. The van der Waals surface area contributed by atoms with Crippen molar-refractivity contribution < 1.29 is 19.0 Å². The molecule has 23 heavy (non-hydrogen) atoms. The molecule has 3 aromatic rings. The van der Waals surface area contributed by atoms with Gasteiger partial charge in [0, 0.05) is 11.8 Å². The molecule has 0 atom stereocenters. The molecule has 1 aliphatic heterocycles. The molecule has 116 valence electrons. The second kappa shape index (κ2) is 5.35. The molecular weight excluding hydrogens is 294 g/mol. The Morgan fingerprint density at radius 2 is 2.04 bits per heavy atom. The molecule has 0 radical (unpaired) electrons. The largest absolute Gasteiger partial charge is 0.462 e. The summed E-state index contributed by atoms with van der Waals surface area (Å²) in [5, 5.41) is 0. The highest BCUT2D eigenvalue weighted by Gasteiger charge is 2.19. The Bertz CT molecular complexity index is 897. The van der Waals surface area contributed by atoms with E-state index in [1.165, 1.54) is 0 Å². The van der Waals surface area contributed by atoms with Crippen LogP contribution in [0, 0.1) is 0 Å². The molecule has 2 aromatic heterocycles. The Morgan fingerprint density at radius 1 is 1.17 bits per heavy atom. The summed E-state index contributed by atoms with van der Waals surface area (Å²) in [6, 6.07) is 13.3. The fourth-order valence-corrected chi connectivity index (χ4v) is 2.80. The Balaban J connectivity index is 1.88. The van der Waals surface area contributed by atoms with Gasteiger partial charge in [-0.3, -0.25) is 0 Å². The highest BCUT2D eigenvalue weighted by atomic mass is 16.7. The monoisotopic (exact) mass is 309 g/mol. The molecule has 0 saturated heterocycles. The maximum atomic E-state index is 12.2. The minimum absolute atomic E-state index is 0.238. The molecular formula is C18H15NO4. The molecule has 0 unspecified atom stereocenters. The van der Waals surface area contributed by atoms with Crippen LogP contribution in [-0.2, 0) is 4.74 Å². The molecule has 0 saturated carbocycles. The van der Waals surface area contributed by atoms with Crippen LogP contribution in [0.15, 0.2) is 48.7 Å². The van der Waals surface area contributed by atoms with Crippen LogP contribution in [0.1, 0.15) is 17.3 Å². The third-order valence-corrected chi connectivity index (χ3v) is 3.84. The molecule has 0 fully saturated rings. The van der Waals surface area contributed by atoms with Gasteiger partial charge in [-0.05, 0) is 43.3 Å². The minimum atomic E-state index is -0.316. The summed E-state index contributed by atoms with van der Waals surface area (Å²) in [7, 11) is 0. The average molecular weight is 309 g/mol. The molecule has 4 rings (SSSR count). The predicted molar refractivity (Wildman–Crippen MR) is 84.9 cm³/mol. The maximum Gasteiger partial charge on any atom is 0.340 e. The van der Waals surface area contributed by atoms with E-state index in [0.29, 0.717) is 17.9 Å². The first-order chi connectivity index (χ1) is 11.3. The van der Waals surface area contributed by atoms with Gasteiger partial charge in [-0.25, -0.2) is 4.79 Å². The fourth-order valence-electron chi connectivity index (χ4n) is 2.80. The van der Waals surface area contributed by atoms with E-state index in [-0.39, 0.29) is 12.8 Å².